The second-order valence-electron chi connectivity index (χ2n) is 6.82. The lowest BCUT2D eigenvalue weighted by Crippen LogP contribution is -2.21. The van der Waals surface area contributed by atoms with Crippen LogP contribution in [-0.4, -0.2) is 7.05 Å². The zero-order chi connectivity index (χ0) is 16.6. The number of benzene rings is 2. The van der Waals surface area contributed by atoms with E-state index in [1.54, 1.807) is 0 Å². The molecular formula is C22H27N. The number of likely N-dealkylation sites (N-methyl/N-ethyl adjacent to an activating group) is 1. The molecule has 0 radical (unpaired) electrons. The van der Waals surface area contributed by atoms with Gasteiger partial charge in [0.2, 0.25) is 0 Å². The van der Waals surface area contributed by atoms with E-state index in [0.717, 1.165) is 12.8 Å². The molecular weight excluding hydrogens is 278 g/mol. The van der Waals surface area contributed by atoms with E-state index in [4.69, 9.17) is 0 Å². The van der Waals surface area contributed by atoms with Crippen LogP contribution in [0, 0.1) is 12.8 Å². The average Bonchev–Trinajstić information content (AvgIpc) is 2.55. The minimum atomic E-state index is 0.625. The van der Waals surface area contributed by atoms with Gasteiger partial charge in [-0.15, -0.1) is 0 Å². The van der Waals surface area contributed by atoms with E-state index in [-0.39, 0.29) is 0 Å². The van der Waals surface area contributed by atoms with Crippen molar-refractivity contribution >= 4 is 16.5 Å². The van der Waals surface area contributed by atoms with Crippen LogP contribution in [0.5, 0.6) is 0 Å². The Morgan fingerprint density at radius 1 is 1.13 bits per heavy atom. The highest BCUT2D eigenvalue weighted by Crippen LogP contribution is 2.36. The van der Waals surface area contributed by atoms with Gasteiger partial charge in [0.05, 0.1) is 5.69 Å². The first-order valence-electron chi connectivity index (χ1n) is 8.66. The number of nitrogens with zero attached hydrogens (tertiary/aromatic N) is 1. The normalized spacial score (nSPS) is 17.9. The van der Waals surface area contributed by atoms with E-state index in [1.807, 2.05) is 0 Å². The summed E-state index contributed by atoms with van der Waals surface area (Å²) in [5.41, 5.74) is 6.93. The number of hydrogen-bond donors (Lipinski definition) is 0. The van der Waals surface area contributed by atoms with Crippen molar-refractivity contribution in [2.45, 2.75) is 40.5 Å². The highest BCUT2D eigenvalue weighted by molar-refractivity contribution is 5.97. The molecule has 0 aromatic heterocycles. The van der Waals surface area contributed by atoms with Gasteiger partial charge in [0, 0.05) is 18.1 Å². The first kappa shape index (κ1) is 15.9. The van der Waals surface area contributed by atoms with Gasteiger partial charge in [0.1, 0.15) is 0 Å². The predicted molar refractivity (Wildman–Crippen MR) is 102 cm³/mol. The van der Waals surface area contributed by atoms with Crippen LogP contribution in [0.2, 0.25) is 0 Å². The van der Waals surface area contributed by atoms with Gasteiger partial charge in [-0.25, -0.2) is 0 Å². The maximum absolute atomic E-state index is 2.40. The molecule has 1 aliphatic rings. The van der Waals surface area contributed by atoms with Crippen molar-refractivity contribution in [3.05, 3.63) is 64.9 Å². The lowest BCUT2D eigenvalue weighted by Gasteiger charge is -2.30. The molecule has 0 saturated heterocycles. The van der Waals surface area contributed by atoms with Gasteiger partial charge in [-0.3, -0.25) is 0 Å². The van der Waals surface area contributed by atoms with Crippen molar-refractivity contribution in [3.63, 3.8) is 0 Å². The largest absolute Gasteiger partial charge is 0.344 e. The fourth-order valence-electron chi connectivity index (χ4n) is 3.60. The first-order valence-corrected chi connectivity index (χ1v) is 8.66. The molecule has 0 amide bonds. The van der Waals surface area contributed by atoms with Gasteiger partial charge in [0.25, 0.3) is 0 Å². The quantitative estimate of drug-likeness (QED) is 0.670. The van der Waals surface area contributed by atoms with E-state index >= 15 is 0 Å². The molecule has 23 heavy (non-hydrogen) atoms. The van der Waals surface area contributed by atoms with Crippen LogP contribution in [0.15, 0.2) is 53.8 Å². The van der Waals surface area contributed by atoms with Crippen molar-refractivity contribution < 1.29 is 0 Å². The van der Waals surface area contributed by atoms with Crippen molar-refractivity contribution in [1.29, 1.82) is 0 Å². The minimum Gasteiger partial charge on any atom is -0.344 e. The molecule has 0 saturated carbocycles. The molecule has 1 aliphatic carbocycles. The summed E-state index contributed by atoms with van der Waals surface area (Å²) in [6.07, 6.45) is 6.81. The Kier molecular flexibility index (Phi) is 4.30. The smallest absolute Gasteiger partial charge is 0.0520 e. The zero-order valence-electron chi connectivity index (χ0n) is 15.0. The summed E-state index contributed by atoms with van der Waals surface area (Å²) in [6.45, 7) is 9.00. The Bertz CT molecular complexity index is 795. The topological polar surface area (TPSA) is 3.24 Å². The third-order valence-corrected chi connectivity index (χ3v) is 5.22. The van der Waals surface area contributed by atoms with E-state index in [2.05, 4.69) is 82.1 Å². The van der Waals surface area contributed by atoms with Crippen LogP contribution in [0.1, 0.15) is 38.3 Å². The Labute approximate surface area is 140 Å². The first-order chi connectivity index (χ1) is 11.0. The fourth-order valence-corrected chi connectivity index (χ4v) is 3.60. The molecule has 3 rings (SSSR count). The summed E-state index contributed by atoms with van der Waals surface area (Å²) >= 11 is 0. The van der Waals surface area contributed by atoms with Gasteiger partial charge < -0.3 is 4.90 Å². The Balaban J connectivity index is 2.22. The molecule has 0 N–H and O–H groups in total. The standard InChI is InChI=1S/C22H27N/c1-6-18-11-12-19-14-15(2)10-13-20(19)22(18)23(5)21-9-7-8-16(3)17(21)4/h7,9-14,16H,6,8H2,1-5H3. The van der Waals surface area contributed by atoms with E-state index in [1.165, 1.54) is 38.9 Å². The van der Waals surface area contributed by atoms with Crippen molar-refractivity contribution in [1.82, 2.24) is 0 Å². The SMILES string of the molecule is CCc1ccc2cc(C)ccc2c1N(C)C1=C(C)C(C)CC=C1. The van der Waals surface area contributed by atoms with Crippen LogP contribution < -0.4 is 4.90 Å². The van der Waals surface area contributed by atoms with Gasteiger partial charge in [-0.1, -0.05) is 55.8 Å². The number of anilines is 1. The third kappa shape index (κ3) is 2.81. The van der Waals surface area contributed by atoms with Gasteiger partial charge in [-0.2, -0.15) is 0 Å². The van der Waals surface area contributed by atoms with Crippen LogP contribution in [0.4, 0.5) is 5.69 Å². The van der Waals surface area contributed by atoms with Gasteiger partial charge in [0.15, 0.2) is 0 Å². The Morgan fingerprint density at radius 3 is 2.65 bits per heavy atom. The van der Waals surface area contributed by atoms with Crippen LogP contribution in [-0.2, 0) is 6.42 Å². The average molecular weight is 305 g/mol. The molecule has 0 fully saturated rings. The summed E-state index contributed by atoms with van der Waals surface area (Å²) in [7, 11) is 2.22. The molecule has 0 spiro atoms. The predicted octanol–water partition coefficient (Wildman–Crippen LogP) is 6.02. The van der Waals surface area contributed by atoms with E-state index in [9.17, 15) is 0 Å². The van der Waals surface area contributed by atoms with Crippen LogP contribution in [0.3, 0.4) is 0 Å². The summed E-state index contributed by atoms with van der Waals surface area (Å²) < 4.78 is 0. The summed E-state index contributed by atoms with van der Waals surface area (Å²) in [5, 5.41) is 2.68. The third-order valence-electron chi connectivity index (χ3n) is 5.22. The fraction of sp³-hybridized carbons (Fsp3) is 0.364. The van der Waals surface area contributed by atoms with Crippen molar-refractivity contribution in [2.24, 2.45) is 5.92 Å². The maximum atomic E-state index is 2.40. The molecule has 0 bridgehead atoms. The van der Waals surface area contributed by atoms with Crippen molar-refractivity contribution in [2.75, 3.05) is 11.9 Å². The molecule has 2 aromatic rings. The van der Waals surface area contributed by atoms with Gasteiger partial charge in [-0.05, 0) is 55.2 Å². The van der Waals surface area contributed by atoms with Crippen molar-refractivity contribution in [3.8, 4) is 0 Å². The van der Waals surface area contributed by atoms with Gasteiger partial charge >= 0.3 is 0 Å². The van der Waals surface area contributed by atoms with E-state index in [0.29, 0.717) is 5.92 Å². The summed E-state index contributed by atoms with van der Waals surface area (Å²) in [6, 6.07) is 11.3. The second-order valence-corrected chi connectivity index (χ2v) is 6.82. The molecule has 0 heterocycles. The monoisotopic (exact) mass is 305 g/mol. The van der Waals surface area contributed by atoms with Crippen LogP contribution >= 0.6 is 0 Å². The highest BCUT2D eigenvalue weighted by Gasteiger charge is 2.19. The second kappa shape index (κ2) is 6.23. The Morgan fingerprint density at radius 2 is 1.91 bits per heavy atom. The number of aryl methyl sites for hydroxylation is 2. The maximum Gasteiger partial charge on any atom is 0.0520 e. The Hall–Kier alpha value is -2.02. The molecule has 0 aliphatic heterocycles. The molecule has 1 heteroatoms. The molecule has 1 unspecified atom stereocenters. The molecule has 1 nitrogen and oxygen atoms in total. The molecule has 120 valence electrons. The number of allylic oxidation sites excluding steroid dienone is 3. The molecule has 1 atom stereocenters. The number of rotatable bonds is 3. The lowest BCUT2D eigenvalue weighted by molar-refractivity contribution is 0.672. The van der Waals surface area contributed by atoms with Crippen LogP contribution in [0.25, 0.3) is 10.8 Å². The number of fused-ring (bicyclic) bond motifs is 1. The number of hydrogen-bond acceptors (Lipinski definition) is 1. The summed E-state index contributed by atoms with van der Waals surface area (Å²) in [4.78, 5) is 2.40. The minimum absolute atomic E-state index is 0.625. The highest BCUT2D eigenvalue weighted by atomic mass is 15.1. The van der Waals surface area contributed by atoms with E-state index < -0.39 is 0 Å². The lowest BCUT2D eigenvalue weighted by atomic mass is 9.91. The molecule has 2 aromatic carbocycles. The summed E-state index contributed by atoms with van der Waals surface area (Å²) in [5.74, 6) is 0.625. The zero-order valence-corrected chi connectivity index (χ0v) is 15.0.